The van der Waals surface area contributed by atoms with Crippen LogP contribution in [0.3, 0.4) is 0 Å². The van der Waals surface area contributed by atoms with Crippen molar-refractivity contribution < 1.29 is 4.79 Å². The normalized spacial score (nSPS) is 10.3. The second kappa shape index (κ2) is 6.33. The summed E-state index contributed by atoms with van der Waals surface area (Å²) < 4.78 is 0.980. The van der Waals surface area contributed by atoms with Crippen LogP contribution in [0, 0.1) is 3.57 Å². The highest BCUT2D eigenvalue weighted by Gasteiger charge is 2.08. The van der Waals surface area contributed by atoms with Gasteiger partial charge in [-0.05, 0) is 53.3 Å². The Morgan fingerprint density at radius 1 is 1.22 bits per heavy atom. The minimum Gasteiger partial charge on any atom is -0.347 e. The van der Waals surface area contributed by atoms with Gasteiger partial charge >= 0.3 is 0 Å². The standard InChI is InChI=1S/C14H14INOS/c1-2-10-7-8-11(18-10)9-16-14(17)12-5-3-4-6-13(12)15/h3-8H,2,9H2,1H3,(H,16,17). The van der Waals surface area contributed by atoms with Crippen LogP contribution in [0.5, 0.6) is 0 Å². The van der Waals surface area contributed by atoms with Crippen molar-refractivity contribution in [1.82, 2.24) is 5.32 Å². The first-order chi connectivity index (χ1) is 8.70. The molecule has 0 aliphatic carbocycles. The van der Waals surface area contributed by atoms with E-state index in [-0.39, 0.29) is 5.91 Å². The van der Waals surface area contributed by atoms with Crippen molar-refractivity contribution in [3.8, 4) is 0 Å². The molecule has 18 heavy (non-hydrogen) atoms. The Hall–Kier alpha value is -0.880. The predicted octanol–water partition coefficient (Wildman–Crippen LogP) is 3.85. The number of hydrogen-bond donors (Lipinski definition) is 1. The minimum absolute atomic E-state index is 0.00792. The molecule has 1 N–H and O–H groups in total. The second-order valence-corrected chi connectivity index (χ2v) is 6.30. The van der Waals surface area contributed by atoms with Gasteiger partial charge in [-0.3, -0.25) is 4.79 Å². The van der Waals surface area contributed by atoms with Gasteiger partial charge in [0, 0.05) is 13.3 Å². The van der Waals surface area contributed by atoms with Gasteiger partial charge in [-0.2, -0.15) is 0 Å². The Balaban J connectivity index is 1.98. The number of carbonyl (C=O) groups excluding carboxylic acids is 1. The number of nitrogens with one attached hydrogen (secondary N) is 1. The summed E-state index contributed by atoms with van der Waals surface area (Å²) in [5.41, 5.74) is 0.741. The Labute approximate surface area is 125 Å². The van der Waals surface area contributed by atoms with Gasteiger partial charge in [0.15, 0.2) is 0 Å². The lowest BCUT2D eigenvalue weighted by atomic mass is 10.2. The lowest BCUT2D eigenvalue weighted by molar-refractivity contribution is 0.0950. The summed E-state index contributed by atoms with van der Waals surface area (Å²) >= 11 is 3.94. The molecule has 2 aromatic rings. The van der Waals surface area contributed by atoms with Crippen LogP contribution in [-0.4, -0.2) is 5.91 Å². The van der Waals surface area contributed by atoms with Crippen LogP contribution in [0.1, 0.15) is 27.0 Å². The van der Waals surface area contributed by atoms with Crippen LogP contribution in [0.4, 0.5) is 0 Å². The summed E-state index contributed by atoms with van der Waals surface area (Å²) in [6.07, 6.45) is 1.05. The molecular formula is C14H14INOS. The van der Waals surface area contributed by atoms with Crippen LogP contribution in [0.15, 0.2) is 36.4 Å². The predicted molar refractivity (Wildman–Crippen MR) is 84.0 cm³/mol. The molecule has 0 aliphatic heterocycles. The quantitative estimate of drug-likeness (QED) is 0.813. The van der Waals surface area contributed by atoms with Crippen LogP contribution in [0.25, 0.3) is 0 Å². The highest BCUT2D eigenvalue weighted by molar-refractivity contribution is 14.1. The van der Waals surface area contributed by atoms with Crippen molar-refractivity contribution in [2.24, 2.45) is 0 Å². The molecule has 1 amide bonds. The summed E-state index contributed by atoms with van der Waals surface area (Å²) in [5.74, 6) is -0.00792. The zero-order chi connectivity index (χ0) is 13.0. The maximum atomic E-state index is 12.0. The van der Waals surface area contributed by atoms with Crippen LogP contribution < -0.4 is 5.32 Å². The molecule has 2 rings (SSSR count). The van der Waals surface area contributed by atoms with E-state index in [0.717, 1.165) is 15.6 Å². The molecule has 0 fully saturated rings. The first-order valence-corrected chi connectivity index (χ1v) is 7.70. The largest absolute Gasteiger partial charge is 0.347 e. The van der Waals surface area contributed by atoms with E-state index in [0.29, 0.717) is 6.54 Å². The number of amides is 1. The molecule has 0 radical (unpaired) electrons. The van der Waals surface area contributed by atoms with Crippen molar-refractivity contribution in [1.29, 1.82) is 0 Å². The van der Waals surface area contributed by atoms with Gasteiger partial charge in [0.2, 0.25) is 0 Å². The highest BCUT2D eigenvalue weighted by atomic mass is 127. The van der Waals surface area contributed by atoms with E-state index in [4.69, 9.17) is 0 Å². The fourth-order valence-electron chi connectivity index (χ4n) is 1.62. The molecule has 1 aromatic heterocycles. The first-order valence-electron chi connectivity index (χ1n) is 5.81. The lowest BCUT2D eigenvalue weighted by Crippen LogP contribution is -2.23. The molecule has 2 nitrogen and oxygen atoms in total. The fraction of sp³-hybridized carbons (Fsp3) is 0.214. The van der Waals surface area contributed by atoms with E-state index in [1.165, 1.54) is 9.75 Å². The molecule has 1 heterocycles. The average Bonchev–Trinajstić information content (AvgIpc) is 2.84. The van der Waals surface area contributed by atoms with E-state index < -0.39 is 0 Å². The van der Waals surface area contributed by atoms with E-state index in [1.54, 1.807) is 11.3 Å². The van der Waals surface area contributed by atoms with Crippen LogP contribution in [0.2, 0.25) is 0 Å². The molecule has 0 bridgehead atoms. The first kappa shape index (κ1) is 13.5. The lowest BCUT2D eigenvalue weighted by Gasteiger charge is -2.05. The Bertz CT molecular complexity index is 550. The van der Waals surface area contributed by atoms with Crippen molar-refractivity contribution >= 4 is 39.8 Å². The van der Waals surface area contributed by atoms with Gasteiger partial charge < -0.3 is 5.32 Å². The maximum Gasteiger partial charge on any atom is 0.252 e. The van der Waals surface area contributed by atoms with Crippen molar-refractivity contribution in [3.05, 3.63) is 55.3 Å². The molecule has 0 unspecified atom stereocenters. The van der Waals surface area contributed by atoms with Crippen molar-refractivity contribution in [2.45, 2.75) is 19.9 Å². The van der Waals surface area contributed by atoms with E-state index in [1.807, 2.05) is 24.3 Å². The zero-order valence-corrected chi connectivity index (χ0v) is 13.0. The number of benzene rings is 1. The number of hydrogen-bond acceptors (Lipinski definition) is 2. The average molecular weight is 371 g/mol. The highest BCUT2D eigenvalue weighted by Crippen LogP contribution is 2.17. The van der Waals surface area contributed by atoms with E-state index in [2.05, 4.69) is 47.0 Å². The SMILES string of the molecule is CCc1ccc(CNC(=O)c2ccccc2I)s1. The number of halogens is 1. The smallest absolute Gasteiger partial charge is 0.252 e. The summed E-state index contributed by atoms with van der Waals surface area (Å²) in [6, 6.07) is 11.8. The number of aryl methyl sites for hydroxylation is 1. The van der Waals surface area contributed by atoms with Gasteiger partial charge in [0.25, 0.3) is 5.91 Å². The van der Waals surface area contributed by atoms with Gasteiger partial charge in [-0.15, -0.1) is 11.3 Å². The summed E-state index contributed by atoms with van der Waals surface area (Å²) in [6.45, 7) is 2.75. The second-order valence-electron chi connectivity index (χ2n) is 3.88. The third kappa shape index (κ3) is 3.32. The fourth-order valence-corrected chi connectivity index (χ4v) is 3.15. The monoisotopic (exact) mass is 371 g/mol. The molecule has 1 aromatic carbocycles. The molecule has 94 valence electrons. The van der Waals surface area contributed by atoms with Gasteiger partial charge in [-0.25, -0.2) is 0 Å². The number of rotatable bonds is 4. The molecule has 4 heteroatoms. The van der Waals surface area contributed by atoms with E-state index in [9.17, 15) is 4.79 Å². The molecule has 0 saturated heterocycles. The Morgan fingerprint density at radius 3 is 2.61 bits per heavy atom. The van der Waals surface area contributed by atoms with Crippen molar-refractivity contribution in [3.63, 3.8) is 0 Å². The van der Waals surface area contributed by atoms with Crippen LogP contribution in [-0.2, 0) is 13.0 Å². The van der Waals surface area contributed by atoms with Gasteiger partial charge in [0.05, 0.1) is 12.1 Å². The molecular weight excluding hydrogens is 357 g/mol. The van der Waals surface area contributed by atoms with Crippen molar-refractivity contribution in [2.75, 3.05) is 0 Å². The summed E-state index contributed by atoms with van der Waals surface area (Å²) in [7, 11) is 0. The Kier molecular flexibility index (Phi) is 4.77. The third-order valence-electron chi connectivity index (χ3n) is 2.61. The van der Waals surface area contributed by atoms with Gasteiger partial charge in [0.1, 0.15) is 0 Å². The zero-order valence-electron chi connectivity index (χ0n) is 10.1. The number of carbonyl (C=O) groups is 1. The topological polar surface area (TPSA) is 29.1 Å². The summed E-state index contributed by atoms with van der Waals surface area (Å²) in [5, 5.41) is 2.96. The van der Waals surface area contributed by atoms with Gasteiger partial charge in [-0.1, -0.05) is 19.1 Å². The van der Waals surface area contributed by atoms with E-state index >= 15 is 0 Å². The third-order valence-corrected chi connectivity index (χ3v) is 4.78. The molecule has 0 atom stereocenters. The molecule has 0 aliphatic rings. The van der Waals surface area contributed by atoms with Crippen LogP contribution >= 0.6 is 33.9 Å². The molecule has 0 saturated carbocycles. The number of thiophene rings is 1. The minimum atomic E-state index is -0.00792. The molecule has 0 spiro atoms. The summed E-state index contributed by atoms with van der Waals surface area (Å²) in [4.78, 5) is 14.6. The maximum absolute atomic E-state index is 12.0. The Morgan fingerprint density at radius 2 is 1.94 bits per heavy atom.